The third-order valence-electron chi connectivity index (χ3n) is 3.69. The summed E-state index contributed by atoms with van der Waals surface area (Å²) in [7, 11) is -1.54. The molecule has 21 heavy (non-hydrogen) atoms. The Balaban J connectivity index is 0.00000400. The first-order valence-electron chi connectivity index (χ1n) is 6.42. The van der Waals surface area contributed by atoms with Gasteiger partial charge in [0.1, 0.15) is 0 Å². The summed E-state index contributed by atoms with van der Waals surface area (Å²) in [6.45, 7) is 3.36. The predicted octanol–water partition coefficient (Wildman–Crippen LogP) is 1.51. The molecule has 0 saturated carbocycles. The molecule has 0 aliphatic rings. The molecule has 0 bridgehead atoms. The Morgan fingerprint density at radius 2 is 1.71 bits per heavy atom. The third-order valence-corrected chi connectivity index (χ3v) is 5.44. The highest BCUT2D eigenvalue weighted by Crippen LogP contribution is 2.13. The van der Waals surface area contributed by atoms with Gasteiger partial charge in [-0.05, 0) is 31.5 Å². The number of carbonyl (C=O) groups excluding carboxylic acids is 1. The fraction of sp³-hybridized carbons (Fsp3) is 0.500. The van der Waals surface area contributed by atoms with Crippen molar-refractivity contribution in [2.24, 2.45) is 0 Å². The highest BCUT2D eigenvalue weighted by Gasteiger charge is 2.27. The molecule has 2 unspecified atom stereocenters. The van der Waals surface area contributed by atoms with Crippen molar-refractivity contribution < 1.29 is 13.2 Å². The fourth-order valence-corrected chi connectivity index (χ4v) is 2.73. The van der Waals surface area contributed by atoms with E-state index in [0.717, 1.165) is 5.56 Å². The van der Waals surface area contributed by atoms with Crippen LogP contribution in [0, 0.1) is 0 Å². The van der Waals surface area contributed by atoms with Crippen molar-refractivity contribution in [3.05, 3.63) is 29.8 Å². The van der Waals surface area contributed by atoms with Crippen LogP contribution in [0.3, 0.4) is 0 Å². The first-order chi connectivity index (χ1) is 9.12. The summed E-state index contributed by atoms with van der Waals surface area (Å²) in [4.78, 5) is 13.7. The SMILES string of the molecule is CC(C(C)S(C)(=O)=O)N(C)C(=O)Cc1ccc(N)cc1.Cl. The Morgan fingerprint density at radius 3 is 2.14 bits per heavy atom. The molecule has 7 heteroatoms. The van der Waals surface area contributed by atoms with Gasteiger partial charge in [0.15, 0.2) is 9.84 Å². The predicted molar refractivity (Wildman–Crippen MR) is 88.3 cm³/mol. The van der Waals surface area contributed by atoms with E-state index in [9.17, 15) is 13.2 Å². The number of nitrogens with two attached hydrogens (primary N) is 1. The summed E-state index contributed by atoms with van der Waals surface area (Å²) in [5.74, 6) is -0.113. The number of benzene rings is 1. The molecule has 2 atom stereocenters. The van der Waals surface area contributed by atoms with Gasteiger partial charge in [-0.25, -0.2) is 8.42 Å². The third kappa shape index (κ3) is 5.55. The van der Waals surface area contributed by atoms with Gasteiger partial charge in [0.05, 0.1) is 11.7 Å². The molecule has 0 aliphatic heterocycles. The molecular weight excluding hydrogens is 312 g/mol. The maximum Gasteiger partial charge on any atom is 0.227 e. The summed E-state index contributed by atoms with van der Waals surface area (Å²) >= 11 is 0. The van der Waals surface area contributed by atoms with Crippen LogP contribution in [0.1, 0.15) is 19.4 Å². The molecule has 0 fully saturated rings. The number of nitrogen functional groups attached to an aromatic ring is 1. The van der Waals surface area contributed by atoms with E-state index < -0.39 is 15.1 Å². The summed E-state index contributed by atoms with van der Waals surface area (Å²) in [5.41, 5.74) is 7.09. The van der Waals surface area contributed by atoms with Crippen molar-refractivity contribution in [1.29, 1.82) is 0 Å². The fourth-order valence-electron chi connectivity index (χ4n) is 1.83. The van der Waals surface area contributed by atoms with E-state index >= 15 is 0 Å². The molecule has 1 aromatic carbocycles. The van der Waals surface area contributed by atoms with Gasteiger partial charge in [-0.15, -0.1) is 12.4 Å². The number of likely N-dealkylation sites (N-methyl/N-ethyl adjacent to an activating group) is 1. The first kappa shape index (κ1) is 19.7. The molecule has 0 radical (unpaired) electrons. The van der Waals surface area contributed by atoms with Crippen molar-refractivity contribution in [1.82, 2.24) is 4.90 Å². The van der Waals surface area contributed by atoms with Crippen molar-refractivity contribution in [2.45, 2.75) is 31.6 Å². The maximum absolute atomic E-state index is 12.2. The largest absolute Gasteiger partial charge is 0.399 e. The Labute approximate surface area is 132 Å². The zero-order valence-electron chi connectivity index (χ0n) is 12.7. The van der Waals surface area contributed by atoms with Crippen LogP contribution in [-0.2, 0) is 21.1 Å². The molecule has 2 N–H and O–H groups in total. The summed E-state index contributed by atoms with van der Waals surface area (Å²) in [6.07, 6.45) is 1.42. The van der Waals surface area contributed by atoms with Crippen molar-refractivity contribution in [3.8, 4) is 0 Å². The van der Waals surface area contributed by atoms with Crippen LogP contribution in [0.25, 0.3) is 0 Å². The molecule has 0 aromatic heterocycles. The van der Waals surface area contributed by atoms with Crippen LogP contribution in [0.15, 0.2) is 24.3 Å². The minimum Gasteiger partial charge on any atom is -0.399 e. The minimum absolute atomic E-state index is 0. The maximum atomic E-state index is 12.2. The van der Waals surface area contributed by atoms with Gasteiger partial charge in [-0.3, -0.25) is 4.79 Å². The second-order valence-corrected chi connectivity index (χ2v) is 7.60. The molecule has 5 nitrogen and oxygen atoms in total. The lowest BCUT2D eigenvalue weighted by Crippen LogP contribution is -2.45. The number of carbonyl (C=O) groups is 1. The number of halogens is 1. The Bertz CT molecular complexity index is 572. The molecule has 1 rings (SSSR count). The molecule has 0 aliphatic carbocycles. The normalized spacial score (nSPS) is 13.9. The van der Waals surface area contributed by atoms with E-state index in [4.69, 9.17) is 5.73 Å². The van der Waals surface area contributed by atoms with Gasteiger partial charge in [0.2, 0.25) is 5.91 Å². The monoisotopic (exact) mass is 334 g/mol. The van der Waals surface area contributed by atoms with Gasteiger partial charge in [0.25, 0.3) is 0 Å². The lowest BCUT2D eigenvalue weighted by molar-refractivity contribution is -0.130. The van der Waals surface area contributed by atoms with Crippen LogP contribution in [0.5, 0.6) is 0 Å². The number of hydrogen-bond acceptors (Lipinski definition) is 4. The van der Waals surface area contributed by atoms with Crippen molar-refractivity contribution >= 4 is 33.8 Å². The van der Waals surface area contributed by atoms with Gasteiger partial charge < -0.3 is 10.6 Å². The molecule has 1 amide bonds. The van der Waals surface area contributed by atoms with Gasteiger partial charge in [-0.1, -0.05) is 12.1 Å². The van der Waals surface area contributed by atoms with E-state index in [1.807, 2.05) is 0 Å². The topological polar surface area (TPSA) is 80.5 Å². The van der Waals surface area contributed by atoms with E-state index in [2.05, 4.69) is 0 Å². The van der Waals surface area contributed by atoms with Gasteiger partial charge in [0, 0.05) is 25.0 Å². The van der Waals surface area contributed by atoms with E-state index in [0.29, 0.717) is 5.69 Å². The van der Waals surface area contributed by atoms with Crippen LogP contribution in [-0.4, -0.2) is 43.8 Å². The van der Waals surface area contributed by atoms with Crippen LogP contribution >= 0.6 is 12.4 Å². The van der Waals surface area contributed by atoms with Gasteiger partial charge in [-0.2, -0.15) is 0 Å². The van der Waals surface area contributed by atoms with Crippen LogP contribution < -0.4 is 5.73 Å². The molecule has 0 heterocycles. The zero-order valence-corrected chi connectivity index (χ0v) is 14.4. The Kier molecular flexibility index (Phi) is 7.19. The second kappa shape index (κ2) is 7.66. The van der Waals surface area contributed by atoms with E-state index in [1.54, 1.807) is 45.2 Å². The summed E-state index contributed by atoms with van der Waals surface area (Å²) in [6, 6.07) is 6.71. The molecule has 0 saturated heterocycles. The van der Waals surface area contributed by atoms with Crippen molar-refractivity contribution in [3.63, 3.8) is 0 Å². The number of sulfone groups is 1. The number of rotatable bonds is 5. The zero-order chi connectivity index (χ0) is 15.5. The Morgan fingerprint density at radius 1 is 1.24 bits per heavy atom. The molecule has 0 spiro atoms. The number of nitrogens with zero attached hydrogens (tertiary/aromatic N) is 1. The lowest BCUT2D eigenvalue weighted by atomic mass is 10.1. The van der Waals surface area contributed by atoms with Gasteiger partial charge >= 0.3 is 0 Å². The standard InChI is InChI=1S/C14H22N2O3S.ClH/c1-10(11(2)20(4,18)19)16(3)14(17)9-12-5-7-13(15)8-6-12;/h5-8,10-11H,9,15H2,1-4H3;1H. The smallest absolute Gasteiger partial charge is 0.227 e. The highest BCUT2D eigenvalue weighted by molar-refractivity contribution is 7.91. The Hall–Kier alpha value is -1.27. The molecule has 120 valence electrons. The average Bonchev–Trinajstić information content (AvgIpc) is 2.37. The quantitative estimate of drug-likeness (QED) is 0.828. The average molecular weight is 335 g/mol. The summed E-state index contributed by atoms with van der Waals surface area (Å²) in [5, 5.41) is -0.595. The lowest BCUT2D eigenvalue weighted by Gasteiger charge is -2.29. The van der Waals surface area contributed by atoms with E-state index in [-0.39, 0.29) is 30.8 Å². The van der Waals surface area contributed by atoms with Crippen LogP contribution in [0.4, 0.5) is 5.69 Å². The van der Waals surface area contributed by atoms with E-state index in [1.165, 1.54) is 11.2 Å². The molecule has 1 aromatic rings. The number of hydrogen-bond donors (Lipinski definition) is 1. The summed E-state index contributed by atoms with van der Waals surface area (Å²) < 4.78 is 23.1. The number of amides is 1. The highest BCUT2D eigenvalue weighted by atomic mass is 35.5. The first-order valence-corrected chi connectivity index (χ1v) is 8.37. The molecular formula is C14H23ClN2O3S. The van der Waals surface area contributed by atoms with Crippen molar-refractivity contribution in [2.75, 3.05) is 19.0 Å². The second-order valence-electron chi connectivity index (χ2n) is 5.20. The minimum atomic E-state index is -3.17. The number of anilines is 1. The van der Waals surface area contributed by atoms with Crippen LogP contribution in [0.2, 0.25) is 0 Å².